The number of amides is 3. The monoisotopic (exact) mass is 469 g/mol. The second-order valence-electron chi connectivity index (χ2n) is 8.48. The standard InChI is InChI=1S/C26H35N3O5/c1-6-7-14-34-22-13-12-19(16-23(22)33-5)24(30)28-29-26(32)21(15-17(2)3)27-25(31)20-11-9-8-10-18(20)4/h8-13,16-17,21H,6-7,14-15H2,1-5H3,(H,27,31)(H,28,30)(H,29,32). The molecule has 0 aliphatic carbocycles. The third-order valence-electron chi connectivity index (χ3n) is 5.20. The summed E-state index contributed by atoms with van der Waals surface area (Å²) in [6.45, 7) is 8.37. The van der Waals surface area contributed by atoms with E-state index in [9.17, 15) is 14.4 Å². The number of rotatable bonds is 11. The zero-order valence-corrected chi connectivity index (χ0v) is 20.6. The molecule has 1 unspecified atom stereocenters. The molecule has 0 saturated heterocycles. The lowest BCUT2D eigenvalue weighted by atomic mass is 10.0. The Balaban J connectivity index is 2.03. The average molecular weight is 470 g/mol. The first-order valence-electron chi connectivity index (χ1n) is 11.5. The van der Waals surface area contributed by atoms with E-state index < -0.39 is 17.9 Å². The van der Waals surface area contributed by atoms with Gasteiger partial charge in [0.1, 0.15) is 6.04 Å². The second-order valence-corrected chi connectivity index (χ2v) is 8.48. The highest BCUT2D eigenvalue weighted by Crippen LogP contribution is 2.28. The zero-order valence-electron chi connectivity index (χ0n) is 20.6. The summed E-state index contributed by atoms with van der Waals surface area (Å²) in [5.41, 5.74) is 6.45. The van der Waals surface area contributed by atoms with E-state index >= 15 is 0 Å². The summed E-state index contributed by atoms with van der Waals surface area (Å²) in [4.78, 5) is 38.1. The molecule has 0 aromatic heterocycles. The van der Waals surface area contributed by atoms with E-state index in [2.05, 4.69) is 23.1 Å². The molecule has 8 heteroatoms. The summed E-state index contributed by atoms with van der Waals surface area (Å²) in [6.07, 6.45) is 2.33. The van der Waals surface area contributed by atoms with Gasteiger partial charge in [-0.05, 0) is 55.5 Å². The van der Waals surface area contributed by atoms with Crippen LogP contribution in [0.15, 0.2) is 42.5 Å². The first-order chi connectivity index (χ1) is 16.3. The van der Waals surface area contributed by atoms with Crippen LogP contribution in [0.2, 0.25) is 0 Å². The Labute approximate surface area is 201 Å². The summed E-state index contributed by atoms with van der Waals surface area (Å²) < 4.78 is 11.0. The van der Waals surface area contributed by atoms with Crippen molar-refractivity contribution in [2.45, 2.75) is 53.0 Å². The molecule has 34 heavy (non-hydrogen) atoms. The van der Waals surface area contributed by atoms with E-state index in [1.807, 2.05) is 32.9 Å². The number of aryl methyl sites for hydroxylation is 1. The highest BCUT2D eigenvalue weighted by Gasteiger charge is 2.24. The van der Waals surface area contributed by atoms with Crippen LogP contribution in [0.25, 0.3) is 0 Å². The van der Waals surface area contributed by atoms with Crippen molar-refractivity contribution >= 4 is 17.7 Å². The molecular weight excluding hydrogens is 434 g/mol. The molecule has 0 aliphatic heterocycles. The quantitative estimate of drug-likeness (QED) is 0.343. The van der Waals surface area contributed by atoms with Crippen molar-refractivity contribution in [3.05, 3.63) is 59.2 Å². The van der Waals surface area contributed by atoms with Crippen molar-refractivity contribution in [1.29, 1.82) is 0 Å². The molecule has 0 spiro atoms. The summed E-state index contributed by atoms with van der Waals surface area (Å²) in [5.74, 6) is -0.233. The van der Waals surface area contributed by atoms with E-state index in [0.29, 0.717) is 35.7 Å². The topological polar surface area (TPSA) is 106 Å². The van der Waals surface area contributed by atoms with E-state index in [-0.39, 0.29) is 11.8 Å². The number of hydrogen-bond donors (Lipinski definition) is 3. The molecule has 0 bridgehead atoms. The lowest BCUT2D eigenvalue weighted by Gasteiger charge is -2.21. The number of ether oxygens (including phenoxy) is 2. The van der Waals surface area contributed by atoms with Crippen LogP contribution in [0.4, 0.5) is 0 Å². The largest absolute Gasteiger partial charge is 0.493 e. The van der Waals surface area contributed by atoms with Crippen LogP contribution in [-0.2, 0) is 4.79 Å². The van der Waals surface area contributed by atoms with Crippen molar-refractivity contribution in [1.82, 2.24) is 16.2 Å². The number of carbonyl (C=O) groups is 3. The molecule has 184 valence electrons. The molecule has 0 radical (unpaired) electrons. The van der Waals surface area contributed by atoms with Gasteiger partial charge in [-0.1, -0.05) is 45.4 Å². The highest BCUT2D eigenvalue weighted by atomic mass is 16.5. The van der Waals surface area contributed by atoms with E-state index in [4.69, 9.17) is 9.47 Å². The molecular formula is C26H35N3O5. The van der Waals surface area contributed by atoms with Crippen molar-refractivity contribution in [3.63, 3.8) is 0 Å². The fourth-order valence-corrected chi connectivity index (χ4v) is 3.30. The van der Waals surface area contributed by atoms with Gasteiger partial charge in [0.15, 0.2) is 11.5 Å². The minimum Gasteiger partial charge on any atom is -0.493 e. The third-order valence-corrected chi connectivity index (χ3v) is 5.20. The second kappa shape index (κ2) is 13.2. The van der Waals surface area contributed by atoms with Gasteiger partial charge in [0.25, 0.3) is 17.7 Å². The van der Waals surface area contributed by atoms with Gasteiger partial charge >= 0.3 is 0 Å². The molecule has 2 aromatic rings. The third kappa shape index (κ3) is 7.79. The van der Waals surface area contributed by atoms with E-state index in [1.54, 1.807) is 30.3 Å². The highest BCUT2D eigenvalue weighted by molar-refractivity contribution is 6.00. The molecule has 2 aromatic carbocycles. The lowest BCUT2D eigenvalue weighted by molar-refractivity contribution is -0.124. The van der Waals surface area contributed by atoms with Crippen LogP contribution in [0.5, 0.6) is 11.5 Å². The summed E-state index contributed by atoms with van der Waals surface area (Å²) in [6, 6.07) is 11.2. The average Bonchev–Trinajstić information content (AvgIpc) is 2.82. The van der Waals surface area contributed by atoms with Gasteiger partial charge in [-0.2, -0.15) is 0 Å². The normalized spacial score (nSPS) is 11.5. The van der Waals surface area contributed by atoms with Crippen molar-refractivity contribution in [2.24, 2.45) is 5.92 Å². The lowest BCUT2D eigenvalue weighted by Crippen LogP contribution is -2.52. The molecule has 0 heterocycles. The minimum atomic E-state index is -0.809. The van der Waals surface area contributed by atoms with Crippen LogP contribution < -0.4 is 25.6 Å². The first-order valence-corrected chi connectivity index (χ1v) is 11.5. The molecule has 0 saturated carbocycles. The Bertz CT molecular complexity index is 990. The number of methoxy groups -OCH3 is 1. The maximum Gasteiger partial charge on any atom is 0.269 e. The number of hydrogen-bond acceptors (Lipinski definition) is 5. The smallest absolute Gasteiger partial charge is 0.269 e. The van der Waals surface area contributed by atoms with Gasteiger partial charge in [-0.25, -0.2) is 0 Å². The maximum absolute atomic E-state index is 12.8. The van der Waals surface area contributed by atoms with Gasteiger partial charge in [0.2, 0.25) is 0 Å². The number of hydrazine groups is 1. The predicted octanol–water partition coefficient (Wildman–Crippen LogP) is 3.79. The number of nitrogens with one attached hydrogen (secondary N) is 3. The van der Waals surface area contributed by atoms with Gasteiger partial charge in [0.05, 0.1) is 13.7 Å². The van der Waals surface area contributed by atoms with Crippen LogP contribution in [-0.4, -0.2) is 37.5 Å². The fourth-order valence-electron chi connectivity index (χ4n) is 3.30. The molecule has 1 atom stereocenters. The van der Waals surface area contributed by atoms with E-state index in [0.717, 1.165) is 18.4 Å². The molecule has 3 N–H and O–H groups in total. The van der Waals surface area contributed by atoms with Crippen molar-refractivity contribution in [3.8, 4) is 11.5 Å². The van der Waals surface area contributed by atoms with Crippen LogP contribution >= 0.6 is 0 Å². The minimum absolute atomic E-state index is 0.146. The fraction of sp³-hybridized carbons (Fsp3) is 0.423. The van der Waals surface area contributed by atoms with Crippen LogP contribution in [0.1, 0.15) is 66.3 Å². The van der Waals surface area contributed by atoms with Crippen molar-refractivity contribution in [2.75, 3.05) is 13.7 Å². The Kier molecular flexibility index (Phi) is 10.4. The molecule has 0 aliphatic rings. The van der Waals surface area contributed by atoms with Gasteiger partial charge in [0, 0.05) is 11.1 Å². The molecule has 0 fully saturated rings. The Morgan fingerprint density at radius 1 is 0.971 bits per heavy atom. The number of unbranched alkanes of at least 4 members (excludes halogenated alkanes) is 1. The SMILES string of the molecule is CCCCOc1ccc(C(=O)NNC(=O)C(CC(C)C)NC(=O)c2ccccc2C)cc1OC. The Morgan fingerprint density at radius 3 is 2.35 bits per heavy atom. The summed E-state index contributed by atoms with van der Waals surface area (Å²) in [7, 11) is 1.50. The molecule has 3 amide bonds. The summed E-state index contributed by atoms with van der Waals surface area (Å²) in [5, 5.41) is 2.78. The molecule has 2 rings (SSSR count). The summed E-state index contributed by atoms with van der Waals surface area (Å²) >= 11 is 0. The van der Waals surface area contributed by atoms with Gasteiger partial charge < -0.3 is 14.8 Å². The maximum atomic E-state index is 12.8. The van der Waals surface area contributed by atoms with Crippen LogP contribution in [0, 0.1) is 12.8 Å². The van der Waals surface area contributed by atoms with Gasteiger partial charge in [-0.3, -0.25) is 25.2 Å². The number of benzene rings is 2. The molecule has 8 nitrogen and oxygen atoms in total. The first kappa shape index (κ1) is 26.7. The zero-order chi connectivity index (χ0) is 25.1. The van der Waals surface area contributed by atoms with Gasteiger partial charge in [-0.15, -0.1) is 0 Å². The van der Waals surface area contributed by atoms with Crippen LogP contribution in [0.3, 0.4) is 0 Å². The predicted molar refractivity (Wildman–Crippen MR) is 131 cm³/mol. The number of carbonyl (C=O) groups excluding carboxylic acids is 3. The Hall–Kier alpha value is -3.55. The Morgan fingerprint density at radius 2 is 1.71 bits per heavy atom. The van der Waals surface area contributed by atoms with Crippen molar-refractivity contribution < 1.29 is 23.9 Å². The van der Waals surface area contributed by atoms with E-state index in [1.165, 1.54) is 7.11 Å².